The van der Waals surface area contributed by atoms with Gasteiger partial charge in [0.1, 0.15) is 6.10 Å². The number of aliphatic carboxylic acids is 1. The number of nitrogens with zero attached hydrogens (tertiary/aromatic N) is 3. The van der Waals surface area contributed by atoms with Gasteiger partial charge in [0.05, 0.1) is 18.6 Å². The summed E-state index contributed by atoms with van der Waals surface area (Å²) in [6.45, 7) is 1.95. The molecule has 11 heteroatoms. The zero-order valence-corrected chi connectivity index (χ0v) is 17.7. The lowest BCUT2D eigenvalue weighted by molar-refractivity contribution is -0.192. The molecule has 0 unspecified atom stereocenters. The van der Waals surface area contributed by atoms with Crippen LogP contribution in [0.2, 0.25) is 0 Å². The molecule has 4 heterocycles. The maximum absolute atomic E-state index is 12.7. The molecule has 0 radical (unpaired) electrons. The minimum absolute atomic E-state index is 0.0178. The number of carboxylic acids is 1. The number of amides is 1. The molecule has 2 aliphatic heterocycles. The number of rotatable bonds is 4. The predicted molar refractivity (Wildman–Crippen MR) is 109 cm³/mol. The Balaban J connectivity index is 0.000000383. The molecule has 1 spiro atoms. The second-order valence-corrected chi connectivity index (χ2v) is 7.83. The van der Waals surface area contributed by atoms with Gasteiger partial charge in [-0.15, -0.1) is 0 Å². The standard InChI is InChI=1S/C20H23N3O3.C2HF3O2/c24-19(12-16-6-1-3-9-21-16)23-11-5-8-20(15-23)13-17(14-25-20)26-18-7-2-4-10-22-18;3-2(4,5)1(6)7/h1-4,6-7,9-10,17H,5,8,11-15H2;(H,6,7)/t17-,20+;/m1./s1. The number of carbonyl (C=O) groups excluding carboxylic acids is 1. The molecule has 2 fully saturated rings. The highest BCUT2D eigenvalue weighted by molar-refractivity contribution is 5.78. The highest BCUT2D eigenvalue weighted by Gasteiger charge is 2.45. The van der Waals surface area contributed by atoms with Crippen molar-refractivity contribution < 1.29 is 37.3 Å². The molecule has 4 rings (SSSR count). The van der Waals surface area contributed by atoms with E-state index in [1.54, 1.807) is 12.4 Å². The monoisotopic (exact) mass is 467 g/mol. The van der Waals surface area contributed by atoms with Crippen LogP contribution in [0.4, 0.5) is 13.2 Å². The predicted octanol–water partition coefficient (Wildman–Crippen LogP) is 2.88. The molecule has 0 aliphatic carbocycles. The van der Waals surface area contributed by atoms with E-state index >= 15 is 0 Å². The Kier molecular flexibility index (Phi) is 7.85. The number of piperidine rings is 1. The van der Waals surface area contributed by atoms with Gasteiger partial charge in [0.25, 0.3) is 0 Å². The van der Waals surface area contributed by atoms with Gasteiger partial charge in [-0.3, -0.25) is 9.78 Å². The first kappa shape index (κ1) is 24.4. The molecule has 33 heavy (non-hydrogen) atoms. The summed E-state index contributed by atoms with van der Waals surface area (Å²) in [6, 6.07) is 11.3. The van der Waals surface area contributed by atoms with Crippen LogP contribution in [0.15, 0.2) is 48.8 Å². The van der Waals surface area contributed by atoms with Crippen LogP contribution in [0.3, 0.4) is 0 Å². The molecule has 2 aromatic rings. The van der Waals surface area contributed by atoms with E-state index in [4.69, 9.17) is 19.4 Å². The molecule has 1 amide bonds. The van der Waals surface area contributed by atoms with Gasteiger partial charge in [-0.05, 0) is 31.0 Å². The fraction of sp³-hybridized carbons (Fsp3) is 0.455. The zero-order valence-electron chi connectivity index (χ0n) is 17.7. The van der Waals surface area contributed by atoms with Crippen LogP contribution in [0.1, 0.15) is 25.0 Å². The first-order valence-corrected chi connectivity index (χ1v) is 10.4. The Hall–Kier alpha value is -3.21. The van der Waals surface area contributed by atoms with Crippen LogP contribution in [0, 0.1) is 0 Å². The maximum Gasteiger partial charge on any atom is 0.490 e. The van der Waals surface area contributed by atoms with Crippen molar-refractivity contribution in [2.75, 3.05) is 19.7 Å². The van der Waals surface area contributed by atoms with Gasteiger partial charge in [0, 0.05) is 43.7 Å². The minimum atomic E-state index is -5.08. The number of carboxylic acid groups (broad SMARTS) is 1. The largest absolute Gasteiger partial charge is 0.490 e. The summed E-state index contributed by atoms with van der Waals surface area (Å²) in [7, 11) is 0. The first-order chi connectivity index (χ1) is 15.7. The van der Waals surface area contributed by atoms with Crippen LogP contribution in [0.5, 0.6) is 5.88 Å². The van der Waals surface area contributed by atoms with E-state index in [2.05, 4.69) is 9.97 Å². The third-order valence-electron chi connectivity index (χ3n) is 5.29. The molecule has 2 aliphatic rings. The first-order valence-electron chi connectivity index (χ1n) is 10.4. The van der Waals surface area contributed by atoms with E-state index in [0.717, 1.165) is 31.5 Å². The summed E-state index contributed by atoms with van der Waals surface area (Å²) in [6.07, 6.45) is 1.38. The zero-order chi connectivity index (χ0) is 23.9. The topological polar surface area (TPSA) is 102 Å². The van der Waals surface area contributed by atoms with Crippen molar-refractivity contribution in [3.05, 3.63) is 54.5 Å². The Morgan fingerprint density at radius 2 is 1.88 bits per heavy atom. The highest BCUT2D eigenvalue weighted by atomic mass is 19.4. The third kappa shape index (κ3) is 7.14. The quantitative estimate of drug-likeness (QED) is 0.738. The highest BCUT2D eigenvalue weighted by Crippen LogP contribution is 2.36. The summed E-state index contributed by atoms with van der Waals surface area (Å²) in [4.78, 5) is 32.0. The lowest BCUT2D eigenvalue weighted by Gasteiger charge is -2.39. The number of carbonyl (C=O) groups is 2. The fourth-order valence-electron chi connectivity index (χ4n) is 3.83. The molecule has 2 atom stereocenters. The van der Waals surface area contributed by atoms with Gasteiger partial charge in [-0.1, -0.05) is 12.1 Å². The molecular formula is C22H24F3N3O5. The molecule has 0 aromatic carbocycles. The second-order valence-electron chi connectivity index (χ2n) is 7.83. The molecule has 0 bridgehead atoms. The van der Waals surface area contributed by atoms with Crippen molar-refractivity contribution in [3.63, 3.8) is 0 Å². The van der Waals surface area contributed by atoms with Gasteiger partial charge in [-0.2, -0.15) is 13.2 Å². The summed E-state index contributed by atoms with van der Waals surface area (Å²) in [5.74, 6) is -2.02. The number of ether oxygens (including phenoxy) is 2. The maximum atomic E-state index is 12.7. The van der Waals surface area contributed by atoms with Crippen LogP contribution in [0.25, 0.3) is 0 Å². The Labute approximate surface area is 188 Å². The fourth-order valence-corrected chi connectivity index (χ4v) is 3.83. The van der Waals surface area contributed by atoms with Gasteiger partial charge in [0.2, 0.25) is 11.8 Å². The molecular weight excluding hydrogens is 443 g/mol. The summed E-state index contributed by atoms with van der Waals surface area (Å²) < 4.78 is 43.8. The lowest BCUT2D eigenvalue weighted by atomic mass is 9.89. The van der Waals surface area contributed by atoms with E-state index in [1.165, 1.54) is 0 Å². The van der Waals surface area contributed by atoms with Crippen LogP contribution in [-0.4, -0.2) is 69.4 Å². The minimum Gasteiger partial charge on any atom is -0.475 e. The van der Waals surface area contributed by atoms with Crippen molar-refractivity contribution in [2.45, 2.75) is 43.6 Å². The van der Waals surface area contributed by atoms with E-state index in [9.17, 15) is 18.0 Å². The number of likely N-dealkylation sites (tertiary alicyclic amines) is 1. The van der Waals surface area contributed by atoms with Gasteiger partial charge in [-0.25, -0.2) is 9.78 Å². The smallest absolute Gasteiger partial charge is 0.475 e. The molecule has 178 valence electrons. The molecule has 1 N–H and O–H groups in total. The van der Waals surface area contributed by atoms with Crippen LogP contribution < -0.4 is 4.74 Å². The SMILES string of the molecule is O=C(Cc1ccccn1)N1CCC[C@]2(C[C@@H](Oc3ccccn3)CO2)C1.O=C(O)C(F)(F)F. The average Bonchev–Trinajstić information content (AvgIpc) is 3.16. The van der Waals surface area contributed by atoms with Crippen LogP contribution in [-0.2, 0) is 20.7 Å². The average molecular weight is 467 g/mol. The van der Waals surface area contributed by atoms with Gasteiger partial charge in [0.15, 0.2) is 0 Å². The number of pyridine rings is 2. The molecule has 8 nitrogen and oxygen atoms in total. The molecule has 2 aromatic heterocycles. The number of halogens is 3. The summed E-state index contributed by atoms with van der Waals surface area (Å²) in [5, 5.41) is 7.12. The van der Waals surface area contributed by atoms with Crippen molar-refractivity contribution in [2.24, 2.45) is 0 Å². The summed E-state index contributed by atoms with van der Waals surface area (Å²) >= 11 is 0. The van der Waals surface area contributed by atoms with Crippen LogP contribution >= 0.6 is 0 Å². The second kappa shape index (κ2) is 10.6. The Bertz CT molecular complexity index is 930. The van der Waals surface area contributed by atoms with Crippen molar-refractivity contribution >= 4 is 11.9 Å². The van der Waals surface area contributed by atoms with E-state index in [1.807, 2.05) is 41.3 Å². The van der Waals surface area contributed by atoms with Crippen molar-refractivity contribution in [1.82, 2.24) is 14.9 Å². The van der Waals surface area contributed by atoms with Gasteiger partial charge >= 0.3 is 12.1 Å². The third-order valence-corrected chi connectivity index (χ3v) is 5.29. The Morgan fingerprint density at radius 1 is 1.18 bits per heavy atom. The van der Waals surface area contributed by atoms with Crippen molar-refractivity contribution in [1.29, 1.82) is 0 Å². The number of alkyl halides is 3. The number of hydrogen-bond acceptors (Lipinski definition) is 6. The normalized spacial score (nSPS) is 22.4. The Morgan fingerprint density at radius 3 is 2.48 bits per heavy atom. The van der Waals surface area contributed by atoms with E-state index in [0.29, 0.717) is 25.5 Å². The summed E-state index contributed by atoms with van der Waals surface area (Å²) in [5.41, 5.74) is 0.512. The van der Waals surface area contributed by atoms with Gasteiger partial charge < -0.3 is 19.5 Å². The van der Waals surface area contributed by atoms with Crippen molar-refractivity contribution in [3.8, 4) is 5.88 Å². The number of aromatic nitrogens is 2. The molecule has 0 saturated carbocycles. The number of hydrogen-bond donors (Lipinski definition) is 1. The van der Waals surface area contributed by atoms with E-state index in [-0.39, 0.29) is 17.6 Å². The van der Waals surface area contributed by atoms with E-state index < -0.39 is 12.1 Å². The lowest BCUT2D eigenvalue weighted by Crippen LogP contribution is -2.50. The molecule has 2 saturated heterocycles.